The second-order valence-electron chi connectivity index (χ2n) is 3.30. The number of aryl methyl sites for hydroxylation is 1. The zero-order valence-electron chi connectivity index (χ0n) is 7.92. The molecule has 0 saturated carbocycles. The maximum Gasteiger partial charge on any atom is 0.142 e. The highest BCUT2D eigenvalue weighted by atomic mass is 16.5. The lowest BCUT2D eigenvalue weighted by atomic mass is 10.0. The average molecular weight is 168 g/mol. The fraction of sp³-hybridized carbons (Fsp3) is 0.667. The molecule has 0 saturated heterocycles. The Labute approximate surface area is 72.9 Å². The summed E-state index contributed by atoms with van der Waals surface area (Å²) in [4.78, 5) is 0. The molecule has 0 amide bonds. The zero-order chi connectivity index (χ0) is 9.14. The number of nitrogens with two attached hydrogens (primary N) is 1. The molecule has 12 heavy (non-hydrogen) atoms. The molecule has 3 nitrogen and oxygen atoms in total. The van der Waals surface area contributed by atoms with E-state index in [1.165, 1.54) is 5.56 Å². The van der Waals surface area contributed by atoms with E-state index in [1.807, 2.05) is 6.92 Å². The van der Waals surface area contributed by atoms with Crippen LogP contribution in [0.1, 0.15) is 36.8 Å². The summed E-state index contributed by atoms with van der Waals surface area (Å²) in [5.74, 6) is 1.38. The van der Waals surface area contributed by atoms with Crippen molar-refractivity contribution in [2.75, 3.05) is 6.54 Å². The lowest BCUT2D eigenvalue weighted by molar-refractivity contribution is 0.366. The lowest BCUT2D eigenvalue weighted by Crippen LogP contribution is -2.05. The van der Waals surface area contributed by atoms with Gasteiger partial charge in [0.25, 0.3) is 0 Å². The van der Waals surface area contributed by atoms with E-state index in [0.29, 0.717) is 12.5 Å². The summed E-state index contributed by atoms with van der Waals surface area (Å²) in [6.45, 7) is 6.81. The van der Waals surface area contributed by atoms with Gasteiger partial charge in [-0.3, -0.25) is 0 Å². The van der Waals surface area contributed by atoms with Crippen LogP contribution in [0, 0.1) is 6.92 Å². The predicted octanol–water partition coefficient (Wildman–Crippen LogP) is 1.61. The van der Waals surface area contributed by atoms with Crippen LogP contribution < -0.4 is 5.73 Å². The topological polar surface area (TPSA) is 52.0 Å². The molecule has 0 spiro atoms. The van der Waals surface area contributed by atoms with Crippen LogP contribution in [0.5, 0.6) is 0 Å². The summed E-state index contributed by atoms with van der Waals surface area (Å²) < 4.78 is 5.20. The smallest absolute Gasteiger partial charge is 0.142 e. The van der Waals surface area contributed by atoms with E-state index in [-0.39, 0.29) is 0 Å². The molecular weight excluding hydrogens is 152 g/mol. The minimum atomic E-state index is 0.396. The average Bonchev–Trinajstić information content (AvgIpc) is 2.34. The predicted molar refractivity (Wildman–Crippen MR) is 48.1 cm³/mol. The summed E-state index contributed by atoms with van der Waals surface area (Å²) in [6, 6.07) is 0. The summed E-state index contributed by atoms with van der Waals surface area (Å²) in [5, 5.41) is 3.93. The van der Waals surface area contributed by atoms with Gasteiger partial charge >= 0.3 is 0 Å². The van der Waals surface area contributed by atoms with E-state index in [0.717, 1.165) is 17.9 Å². The first-order valence-corrected chi connectivity index (χ1v) is 4.32. The van der Waals surface area contributed by atoms with Crippen molar-refractivity contribution in [3.05, 3.63) is 17.0 Å². The molecule has 0 aliphatic heterocycles. The molecule has 0 fully saturated rings. The van der Waals surface area contributed by atoms with Gasteiger partial charge in [0, 0.05) is 11.5 Å². The maximum absolute atomic E-state index is 5.49. The number of hydrogen-bond donors (Lipinski definition) is 1. The minimum Gasteiger partial charge on any atom is -0.361 e. The SMILES string of the molecule is Cc1noc(C(C)C)c1CCN. The van der Waals surface area contributed by atoms with Crippen molar-refractivity contribution in [2.45, 2.75) is 33.1 Å². The highest BCUT2D eigenvalue weighted by Crippen LogP contribution is 2.21. The number of rotatable bonds is 3. The lowest BCUT2D eigenvalue weighted by Gasteiger charge is -2.02. The first-order chi connectivity index (χ1) is 5.66. The monoisotopic (exact) mass is 168 g/mol. The standard InChI is InChI=1S/C9H16N2O/c1-6(2)9-8(4-5-10)7(3)11-12-9/h6H,4-5,10H2,1-3H3. The third-order valence-corrected chi connectivity index (χ3v) is 1.93. The van der Waals surface area contributed by atoms with Gasteiger partial charge in [-0.25, -0.2) is 0 Å². The van der Waals surface area contributed by atoms with Gasteiger partial charge in [0.1, 0.15) is 5.76 Å². The molecule has 68 valence electrons. The Balaban J connectivity index is 2.95. The first kappa shape index (κ1) is 9.26. The molecule has 0 atom stereocenters. The molecule has 0 aliphatic carbocycles. The molecule has 0 unspecified atom stereocenters. The molecule has 0 radical (unpaired) electrons. The Hall–Kier alpha value is -0.830. The molecule has 3 heteroatoms. The number of hydrogen-bond acceptors (Lipinski definition) is 3. The molecule has 2 N–H and O–H groups in total. The van der Waals surface area contributed by atoms with Crippen molar-refractivity contribution in [1.82, 2.24) is 5.16 Å². The van der Waals surface area contributed by atoms with Crippen molar-refractivity contribution in [1.29, 1.82) is 0 Å². The van der Waals surface area contributed by atoms with Crippen molar-refractivity contribution in [3.63, 3.8) is 0 Å². The Bertz CT molecular complexity index is 253. The van der Waals surface area contributed by atoms with Gasteiger partial charge in [-0.1, -0.05) is 19.0 Å². The highest BCUT2D eigenvalue weighted by Gasteiger charge is 2.14. The van der Waals surface area contributed by atoms with E-state index in [9.17, 15) is 0 Å². The van der Waals surface area contributed by atoms with Crippen LogP contribution in [0.25, 0.3) is 0 Å². The summed E-state index contributed by atoms with van der Waals surface area (Å²) in [7, 11) is 0. The number of nitrogens with zero attached hydrogens (tertiary/aromatic N) is 1. The molecule has 1 heterocycles. The molecule has 0 bridgehead atoms. The van der Waals surface area contributed by atoms with Crippen LogP contribution in [-0.2, 0) is 6.42 Å². The molecule has 1 rings (SSSR count). The summed E-state index contributed by atoms with van der Waals surface area (Å²) in [6.07, 6.45) is 0.864. The van der Waals surface area contributed by atoms with Crippen LogP contribution in [0.15, 0.2) is 4.52 Å². The molecule has 1 aromatic heterocycles. The fourth-order valence-corrected chi connectivity index (χ4v) is 1.31. The summed E-state index contributed by atoms with van der Waals surface area (Å²) in [5.41, 5.74) is 7.65. The fourth-order valence-electron chi connectivity index (χ4n) is 1.31. The Morgan fingerprint density at radius 3 is 2.67 bits per heavy atom. The highest BCUT2D eigenvalue weighted by molar-refractivity contribution is 5.24. The van der Waals surface area contributed by atoms with Crippen LogP contribution >= 0.6 is 0 Å². The maximum atomic E-state index is 5.49. The van der Waals surface area contributed by atoms with E-state index < -0.39 is 0 Å². The molecule has 0 aromatic carbocycles. The Morgan fingerprint density at radius 2 is 2.17 bits per heavy atom. The van der Waals surface area contributed by atoms with Crippen LogP contribution in [0.4, 0.5) is 0 Å². The third kappa shape index (κ3) is 1.67. The quantitative estimate of drug-likeness (QED) is 0.746. The normalized spacial score (nSPS) is 11.1. The van der Waals surface area contributed by atoms with Crippen molar-refractivity contribution >= 4 is 0 Å². The van der Waals surface area contributed by atoms with Gasteiger partial charge < -0.3 is 10.3 Å². The van der Waals surface area contributed by atoms with E-state index in [4.69, 9.17) is 10.3 Å². The van der Waals surface area contributed by atoms with E-state index in [1.54, 1.807) is 0 Å². The second-order valence-corrected chi connectivity index (χ2v) is 3.30. The van der Waals surface area contributed by atoms with Gasteiger partial charge in [0.05, 0.1) is 5.69 Å². The van der Waals surface area contributed by atoms with Gasteiger partial charge in [-0.2, -0.15) is 0 Å². The van der Waals surface area contributed by atoms with E-state index in [2.05, 4.69) is 19.0 Å². The minimum absolute atomic E-state index is 0.396. The van der Waals surface area contributed by atoms with Crippen LogP contribution in [-0.4, -0.2) is 11.7 Å². The summed E-state index contributed by atoms with van der Waals surface area (Å²) >= 11 is 0. The van der Waals surface area contributed by atoms with Crippen LogP contribution in [0.3, 0.4) is 0 Å². The first-order valence-electron chi connectivity index (χ1n) is 4.32. The van der Waals surface area contributed by atoms with Gasteiger partial charge in [-0.05, 0) is 19.9 Å². The Kier molecular flexibility index (Phi) is 2.87. The Morgan fingerprint density at radius 1 is 1.50 bits per heavy atom. The van der Waals surface area contributed by atoms with Crippen LogP contribution in [0.2, 0.25) is 0 Å². The second kappa shape index (κ2) is 3.72. The van der Waals surface area contributed by atoms with Gasteiger partial charge in [0.15, 0.2) is 0 Å². The van der Waals surface area contributed by atoms with Crippen molar-refractivity contribution in [2.24, 2.45) is 5.73 Å². The molecule has 1 aromatic rings. The van der Waals surface area contributed by atoms with Crippen molar-refractivity contribution in [3.8, 4) is 0 Å². The third-order valence-electron chi connectivity index (χ3n) is 1.93. The molecular formula is C9H16N2O. The largest absolute Gasteiger partial charge is 0.361 e. The van der Waals surface area contributed by atoms with Crippen molar-refractivity contribution < 1.29 is 4.52 Å². The zero-order valence-corrected chi connectivity index (χ0v) is 7.92. The molecule has 0 aliphatic rings. The van der Waals surface area contributed by atoms with E-state index >= 15 is 0 Å². The van der Waals surface area contributed by atoms with Gasteiger partial charge in [0.2, 0.25) is 0 Å². The van der Waals surface area contributed by atoms with Gasteiger partial charge in [-0.15, -0.1) is 0 Å². The number of aromatic nitrogens is 1.